The standard InChI is InChI=1S/C15H20N4O/c1-19-8-2-6-17-15(19)18-10-11-3-4-12-5-7-16-14(20)13(12)9-11/h3-4,9H,2,5-8,10H2,1H3,(H,16,20)(H,17,18). The van der Waals surface area contributed by atoms with Crippen LogP contribution in [0.5, 0.6) is 0 Å². The lowest BCUT2D eigenvalue weighted by atomic mass is 9.98. The van der Waals surface area contributed by atoms with Gasteiger partial charge in [0.05, 0.1) is 0 Å². The van der Waals surface area contributed by atoms with E-state index in [1.165, 1.54) is 0 Å². The number of hydrogen-bond donors (Lipinski definition) is 2. The third kappa shape index (κ3) is 2.61. The lowest BCUT2D eigenvalue weighted by Gasteiger charge is -2.26. The van der Waals surface area contributed by atoms with E-state index < -0.39 is 0 Å². The molecular weight excluding hydrogens is 252 g/mol. The summed E-state index contributed by atoms with van der Waals surface area (Å²) >= 11 is 0. The van der Waals surface area contributed by atoms with E-state index in [4.69, 9.17) is 0 Å². The van der Waals surface area contributed by atoms with Crippen molar-refractivity contribution in [1.82, 2.24) is 15.5 Å². The summed E-state index contributed by atoms with van der Waals surface area (Å²) in [6.07, 6.45) is 2.03. The molecule has 0 atom stereocenters. The Labute approximate surface area is 119 Å². The number of nitrogens with one attached hydrogen (secondary N) is 2. The van der Waals surface area contributed by atoms with Crippen LogP contribution in [0.15, 0.2) is 23.2 Å². The van der Waals surface area contributed by atoms with Gasteiger partial charge in [-0.3, -0.25) is 9.79 Å². The van der Waals surface area contributed by atoms with Crippen molar-refractivity contribution in [3.8, 4) is 0 Å². The van der Waals surface area contributed by atoms with E-state index in [9.17, 15) is 4.79 Å². The molecule has 2 aliphatic rings. The Morgan fingerprint density at radius 2 is 2.35 bits per heavy atom. The second-order valence-electron chi connectivity index (χ2n) is 5.33. The highest BCUT2D eigenvalue weighted by Gasteiger charge is 2.17. The first-order chi connectivity index (χ1) is 9.74. The Morgan fingerprint density at radius 1 is 1.45 bits per heavy atom. The number of carbonyl (C=O) groups is 1. The van der Waals surface area contributed by atoms with Crippen LogP contribution in [0.3, 0.4) is 0 Å². The van der Waals surface area contributed by atoms with Gasteiger partial charge in [0.25, 0.3) is 5.91 Å². The summed E-state index contributed by atoms with van der Waals surface area (Å²) in [4.78, 5) is 18.4. The fourth-order valence-corrected chi connectivity index (χ4v) is 2.66. The van der Waals surface area contributed by atoms with E-state index >= 15 is 0 Å². The number of benzene rings is 1. The normalized spacial score (nSPS) is 18.1. The van der Waals surface area contributed by atoms with Gasteiger partial charge in [-0.25, -0.2) is 0 Å². The fourth-order valence-electron chi connectivity index (χ4n) is 2.66. The molecule has 0 bridgehead atoms. The highest BCUT2D eigenvalue weighted by Crippen LogP contribution is 2.16. The maximum absolute atomic E-state index is 11.8. The molecule has 2 aliphatic heterocycles. The molecular formula is C15H20N4O. The number of carbonyl (C=O) groups excluding carboxylic acids is 1. The highest BCUT2D eigenvalue weighted by atomic mass is 16.1. The highest BCUT2D eigenvalue weighted by molar-refractivity contribution is 5.96. The predicted molar refractivity (Wildman–Crippen MR) is 78.9 cm³/mol. The molecule has 0 spiro atoms. The molecule has 2 N–H and O–H groups in total. The first kappa shape index (κ1) is 13.0. The van der Waals surface area contributed by atoms with E-state index in [0.717, 1.165) is 55.1 Å². The molecule has 0 saturated heterocycles. The zero-order valence-corrected chi connectivity index (χ0v) is 11.8. The van der Waals surface area contributed by atoms with Gasteiger partial charge in [0, 0.05) is 38.8 Å². The third-order valence-electron chi connectivity index (χ3n) is 3.82. The molecule has 20 heavy (non-hydrogen) atoms. The van der Waals surface area contributed by atoms with Crippen molar-refractivity contribution in [2.75, 3.05) is 26.7 Å². The topological polar surface area (TPSA) is 56.7 Å². The number of nitrogens with zero attached hydrogens (tertiary/aromatic N) is 2. The molecule has 0 aromatic heterocycles. The molecule has 0 radical (unpaired) electrons. The van der Waals surface area contributed by atoms with Crippen LogP contribution in [0.4, 0.5) is 0 Å². The summed E-state index contributed by atoms with van der Waals surface area (Å²) in [6.45, 7) is 3.37. The van der Waals surface area contributed by atoms with E-state index in [-0.39, 0.29) is 5.91 Å². The van der Waals surface area contributed by atoms with Crippen LogP contribution in [0.1, 0.15) is 27.9 Å². The minimum absolute atomic E-state index is 0.0419. The number of rotatable bonds is 2. The monoisotopic (exact) mass is 272 g/mol. The Bertz CT molecular complexity index is 553. The second-order valence-corrected chi connectivity index (χ2v) is 5.33. The third-order valence-corrected chi connectivity index (χ3v) is 3.82. The van der Waals surface area contributed by atoms with Gasteiger partial charge in [-0.1, -0.05) is 12.1 Å². The van der Waals surface area contributed by atoms with Gasteiger partial charge < -0.3 is 15.5 Å². The maximum Gasteiger partial charge on any atom is 0.251 e. The van der Waals surface area contributed by atoms with Gasteiger partial charge in [0.1, 0.15) is 0 Å². The predicted octanol–water partition coefficient (Wildman–Crippen LogP) is 0.754. The van der Waals surface area contributed by atoms with Crippen LogP contribution in [0.2, 0.25) is 0 Å². The quantitative estimate of drug-likeness (QED) is 0.835. The zero-order valence-electron chi connectivity index (χ0n) is 11.8. The van der Waals surface area contributed by atoms with Gasteiger partial charge in [-0.15, -0.1) is 0 Å². The summed E-state index contributed by atoms with van der Waals surface area (Å²) in [5.41, 5.74) is 3.07. The zero-order chi connectivity index (χ0) is 13.9. The van der Waals surface area contributed by atoms with Crippen LogP contribution in [0, 0.1) is 0 Å². The van der Waals surface area contributed by atoms with Crippen LogP contribution in [0.25, 0.3) is 0 Å². The van der Waals surface area contributed by atoms with Crippen molar-refractivity contribution in [3.63, 3.8) is 0 Å². The van der Waals surface area contributed by atoms with E-state index in [1.54, 1.807) is 0 Å². The van der Waals surface area contributed by atoms with Gasteiger partial charge in [0.2, 0.25) is 0 Å². The van der Waals surface area contributed by atoms with E-state index in [2.05, 4.69) is 32.7 Å². The molecule has 2 heterocycles. The molecule has 1 amide bonds. The van der Waals surface area contributed by atoms with Crippen molar-refractivity contribution >= 4 is 11.9 Å². The molecule has 5 nitrogen and oxygen atoms in total. The average molecular weight is 272 g/mol. The van der Waals surface area contributed by atoms with Crippen molar-refractivity contribution in [1.29, 1.82) is 0 Å². The summed E-state index contributed by atoms with van der Waals surface area (Å²) in [7, 11) is 2.05. The number of aliphatic imine (C=N–C) groups is 1. The lowest BCUT2D eigenvalue weighted by Crippen LogP contribution is -2.41. The van der Waals surface area contributed by atoms with Gasteiger partial charge in [0.15, 0.2) is 5.96 Å². The maximum atomic E-state index is 11.8. The molecule has 0 unspecified atom stereocenters. The minimum Gasteiger partial charge on any atom is -0.352 e. The van der Waals surface area contributed by atoms with Crippen molar-refractivity contribution < 1.29 is 4.79 Å². The van der Waals surface area contributed by atoms with Crippen LogP contribution < -0.4 is 10.6 Å². The largest absolute Gasteiger partial charge is 0.352 e. The van der Waals surface area contributed by atoms with E-state index in [1.807, 2.05) is 13.1 Å². The van der Waals surface area contributed by atoms with Crippen LogP contribution in [-0.2, 0) is 13.0 Å². The molecule has 3 rings (SSSR count). The molecule has 1 aromatic carbocycles. The minimum atomic E-state index is 0.0419. The summed E-state index contributed by atoms with van der Waals surface area (Å²) in [6, 6.07) is 6.14. The SMILES string of the molecule is CN1CCCN=C1NCc1ccc2c(c1)C(=O)NCC2. The molecule has 0 fully saturated rings. The van der Waals surface area contributed by atoms with Gasteiger partial charge in [-0.05, 0) is 30.0 Å². The first-order valence-electron chi connectivity index (χ1n) is 7.13. The average Bonchev–Trinajstić information content (AvgIpc) is 2.47. The molecule has 106 valence electrons. The fraction of sp³-hybridized carbons (Fsp3) is 0.467. The Balaban J connectivity index is 1.70. The van der Waals surface area contributed by atoms with Crippen molar-refractivity contribution in [3.05, 3.63) is 34.9 Å². The summed E-state index contributed by atoms with van der Waals surface area (Å²) < 4.78 is 0. The number of guanidine groups is 1. The van der Waals surface area contributed by atoms with Gasteiger partial charge in [-0.2, -0.15) is 0 Å². The van der Waals surface area contributed by atoms with Crippen LogP contribution in [-0.4, -0.2) is 43.4 Å². The number of fused-ring (bicyclic) bond motifs is 1. The summed E-state index contributed by atoms with van der Waals surface area (Å²) in [5.74, 6) is 0.985. The Kier molecular flexibility index (Phi) is 3.58. The number of amides is 1. The lowest BCUT2D eigenvalue weighted by molar-refractivity contribution is 0.0946. The molecule has 5 heteroatoms. The van der Waals surface area contributed by atoms with Crippen molar-refractivity contribution in [2.24, 2.45) is 4.99 Å². The summed E-state index contributed by atoms with van der Waals surface area (Å²) in [5, 5.41) is 6.24. The van der Waals surface area contributed by atoms with E-state index in [0.29, 0.717) is 6.54 Å². The smallest absolute Gasteiger partial charge is 0.251 e. The van der Waals surface area contributed by atoms with Crippen LogP contribution >= 0.6 is 0 Å². The number of hydrogen-bond acceptors (Lipinski definition) is 4. The molecule has 0 saturated carbocycles. The van der Waals surface area contributed by atoms with Crippen molar-refractivity contribution in [2.45, 2.75) is 19.4 Å². The first-order valence-corrected chi connectivity index (χ1v) is 7.13. The van der Waals surface area contributed by atoms with Gasteiger partial charge >= 0.3 is 0 Å². The second kappa shape index (κ2) is 5.53. The Hall–Kier alpha value is -2.04. The Morgan fingerprint density at radius 3 is 3.20 bits per heavy atom. The molecule has 1 aromatic rings. The molecule has 0 aliphatic carbocycles.